The molecule has 0 radical (unpaired) electrons. The highest BCUT2D eigenvalue weighted by molar-refractivity contribution is 7.88. The second-order valence-electron chi connectivity index (χ2n) is 11.4. The normalized spacial score (nSPS) is 20.9. The molecule has 0 aromatic heterocycles. The molecular formula is C31H34F4N4O3S. The van der Waals surface area contributed by atoms with Crippen LogP contribution in [0.4, 0.5) is 23.2 Å². The van der Waals surface area contributed by atoms with Crippen molar-refractivity contribution in [2.45, 2.75) is 49.7 Å². The van der Waals surface area contributed by atoms with E-state index in [9.17, 15) is 26.4 Å². The van der Waals surface area contributed by atoms with Crippen LogP contribution in [0.15, 0.2) is 60.7 Å². The molecule has 1 saturated carbocycles. The van der Waals surface area contributed by atoms with Crippen molar-refractivity contribution in [2.75, 3.05) is 24.7 Å². The lowest BCUT2D eigenvalue weighted by Gasteiger charge is -2.41. The Labute approximate surface area is 248 Å². The van der Waals surface area contributed by atoms with Gasteiger partial charge in [-0.05, 0) is 79.1 Å². The van der Waals surface area contributed by atoms with Crippen LogP contribution in [0.3, 0.4) is 0 Å². The average Bonchev–Trinajstić information content (AvgIpc) is 3.78. The Morgan fingerprint density at radius 3 is 2.28 bits per heavy atom. The predicted octanol–water partition coefficient (Wildman–Crippen LogP) is 4.29. The van der Waals surface area contributed by atoms with E-state index in [4.69, 9.17) is 5.73 Å². The second-order valence-corrected chi connectivity index (χ2v) is 13.2. The number of hydrogen-bond acceptors (Lipinski definition) is 5. The van der Waals surface area contributed by atoms with Crippen LogP contribution in [0, 0.1) is 29.2 Å². The largest absolute Gasteiger partial charge is 0.324 e. The van der Waals surface area contributed by atoms with Crippen LogP contribution in [0.5, 0.6) is 0 Å². The summed E-state index contributed by atoms with van der Waals surface area (Å²) in [6.07, 6.45) is 3.56. The van der Waals surface area contributed by atoms with Crippen molar-refractivity contribution in [3.63, 3.8) is 0 Å². The molecule has 1 saturated heterocycles. The van der Waals surface area contributed by atoms with E-state index in [0.717, 1.165) is 37.1 Å². The van der Waals surface area contributed by atoms with Gasteiger partial charge in [-0.2, -0.15) is 4.31 Å². The molecule has 0 spiro atoms. The molecule has 1 amide bonds. The average molecular weight is 619 g/mol. The number of amides is 1. The van der Waals surface area contributed by atoms with Crippen LogP contribution in [-0.4, -0.2) is 56.1 Å². The number of carbonyl (C=O) groups is 1. The zero-order chi connectivity index (χ0) is 30.9. The lowest BCUT2D eigenvalue weighted by Crippen LogP contribution is -2.59. The highest BCUT2D eigenvalue weighted by Gasteiger charge is 2.44. The SMILES string of the molecule is CS(=O)(=O)N1C(C2CC2)CNC[C@@H]1CCc1c(F)cccc1NC(=O)[C@@H](N)[C@@H](c1ccc(F)cc1)c1cc(F)cc(F)c1. The quantitative estimate of drug-likeness (QED) is 0.294. The first-order valence-corrected chi connectivity index (χ1v) is 16.0. The van der Waals surface area contributed by atoms with Crippen LogP contribution in [0.2, 0.25) is 0 Å². The molecule has 3 aromatic carbocycles. The van der Waals surface area contributed by atoms with Gasteiger partial charge in [0.25, 0.3) is 0 Å². The Hall–Kier alpha value is -3.32. The second kappa shape index (κ2) is 12.7. The van der Waals surface area contributed by atoms with Gasteiger partial charge in [0, 0.05) is 48.4 Å². The van der Waals surface area contributed by atoms with E-state index in [1.165, 1.54) is 36.6 Å². The number of anilines is 1. The molecule has 2 fully saturated rings. The van der Waals surface area contributed by atoms with E-state index in [2.05, 4.69) is 10.6 Å². The first-order valence-electron chi connectivity index (χ1n) is 14.2. The summed E-state index contributed by atoms with van der Waals surface area (Å²) in [5.74, 6) is -4.37. The Balaban J connectivity index is 1.38. The summed E-state index contributed by atoms with van der Waals surface area (Å²) in [6.45, 7) is 0.985. The van der Waals surface area contributed by atoms with Crippen molar-refractivity contribution in [2.24, 2.45) is 11.7 Å². The van der Waals surface area contributed by atoms with Gasteiger partial charge in [0.2, 0.25) is 15.9 Å². The van der Waals surface area contributed by atoms with Gasteiger partial charge in [-0.3, -0.25) is 4.79 Å². The van der Waals surface area contributed by atoms with Crippen LogP contribution >= 0.6 is 0 Å². The minimum absolute atomic E-state index is 0.0714. The number of hydrogen-bond donors (Lipinski definition) is 3. The minimum atomic E-state index is -3.52. The van der Waals surface area contributed by atoms with E-state index >= 15 is 4.39 Å². The van der Waals surface area contributed by atoms with Crippen molar-refractivity contribution >= 4 is 21.6 Å². The van der Waals surface area contributed by atoms with Gasteiger partial charge in [-0.1, -0.05) is 18.2 Å². The number of rotatable bonds is 10. The Bertz CT molecular complexity index is 1560. The van der Waals surface area contributed by atoms with Crippen molar-refractivity contribution in [3.8, 4) is 0 Å². The molecule has 43 heavy (non-hydrogen) atoms. The molecule has 230 valence electrons. The van der Waals surface area contributed by atoms with Gasteiger partial charge < -0.3 is 16.4 Å². The van der Waals surface area contributed by atoms with Gasteiger partial charge in [0.1, 0.15) is 23.3 Å². The van der Waals surface area contributed by atoms with Gasteiger partial charge in [-0.15, -0.1) is 0 Å². The van der Waals surface area contributed by atoms with Crippen molar-refractivity contribution in [3.05, 3.63) is 101 Å². The molecule has 0 bridgehead atoms. The standard InChI is InChI=1S/C31H34F4N4O3S/c1-43(41,42)39-24(16-37-17-28(39)18-5-6-18)11-12-25-26(35)3-2-4-27(25)38-31(40)30(36)29(19-7-9-21(32)10-8-19)20-13-22(33)15-23(34)14-20/h2-4,7-10,13-15,18,24,28-30,37H,5-6,11-12,16-17,36H2,1H3,(H,38,40)/t24-,28?,29-,30-/m0/s1. The molecule has 12 heteroatoms. The zero-order valence-electron chi connectivity index (χ0n) is 23.6. The van der Waals surface area contributed by atoms with Gasteiger partial charge in [0.15, 0.2) is 0 Å². The van der Waals surface area contributed by atoms with Gasteiger partial charge >= 0.3 is 0 Å². The zero-order valence-corrected chi connectivity index (χ0v) is 24.4. The van der Waals surface area contributed by atoms with E-state index in [1.54, 1.807) is 4.31 Å². The molecule has 3 aromatic rings. The Morgan fingerprint density at radius 1 is 0.977 bits per heavy atom. The summed E-state index contributed by atoms with van der Waals surface area (Å²) < 4.78 is 84.2. The summed E-state index contributed by atoms with van der Waals surface area (Å²) >= 11 is 0. The maximum Gasteiger partial charge on any atom is 0.242 e. The number of piperazine rings is 1. The third kappa shape index (κ3) is 7.26. The lowest BCUT2D eigenvalue weighted by atomic mass is 9.84. The predicted molar refractivity (Wildman–Crippen MR) is 156 cm³/mol. The van der Waals surface area contributed by atoms with E-state index in [-0.39, 0.29) is 29.3 Å². The third-order valence-corrected chi connectivity index (χ3v) is 9.54. The fourth-order valence-electron chi connectivity index (χ4n) is 6.09. The highest BCUT2D eigenvalue weighted by Crippen LogP contribution is 2.38. The first-order chi connectivity index (χ1) is 20.4. The smallest absolute Gasteiger partial charge is 0.242 e. The number of halogens is 4. The van der Waals surface area contributed by atoms with E-state index < -0.39 is 57.2 Å². The van der Waals surface area contributed by atoms with Crippen molar-refractivity contribution < 1.29 is 30.8 Å². The van der Waals surface area contributed by atoms with Crippen LogP contribution in [0.1, 0.15) is 41.9 Å². The third-order valence-electron chi connectivity index (χ3n) is 8.21. The van der Waals surface area contributed by atoms with Gasteiger partial charge in [0.05, 0.1) is 12.3 Å². The van der Waals surface area contributed by atoms with Crippen LogP contribution in [-0.2, 0) is 21.2 Å². The minimum Gasteiger partial charge on any atom is -0.324 e. The lowest BCUT2D eigenvalue weighted by molar-refractivity contribution is -0.117. The fraction of sp³-hybridized carbons (Fsp3) is 0.387. The summed E-state index contributed by atoms with van der Waals surface area (Å²) in [5.41, 5.74) is 7.13. The Kier molecular flexibility index (Phi) is 9.21. The topological polar surface area (TPSA) is 105 Å². The molecule has 7 nitrogen and oxygen atoms in total. The Morgan fingerprint density at radius 2 is 1.65 bits per heavy atom. The molecule has 1 unspecified atom stereocenters. The van der Waals surface area contributed by atoms with E-state index in [0.29, 0.717) is 37.1 Å². The summed E-state index contributed by atoms with van der Waals surface area (Å²) in [4.78, 5) is 13.5. The van der Waals surface area contributed by atoms with Gasteiger partial charge in [-0.25, -0.2) is 26.0 Å². The molecule has 4 N–H and O–H groups in total. The summed E-state index contributed by atoms with van der Waals surface area (Å²) in [7, 11) is -3.52. The molecule has 5 rings (SSSR count). The van der Waals surface area contributed by atoms with Crippen LogP contribution in [0.25, 0.3) is 0 Å². The molecular weight excluding hydrogens is 584 g/mol. The van der Waals surface area contributed by atoms with Crippen LogP contribution < -0.4 is 16.4 Å². The summed E-state index contributed by atoms with van der Waals surface area (Å²) in [6, 6.07) is 10.1. The molecule has 1 aliphatic carbocycles. The maximum atomic E-state index is 15.2. The molecule has 1 heterocycles. The number of carbonyl (C=O) groups excluding carboxylic acids is 1. The van der Waals surface area contributed by atoms with Crippen molar-refractivity contribution in [1.82, 2.24) is 9.62 Å². The summed E-state index contributed by atoms with van der Waals surface area (Å²) in [5, 5.41) is 5.98. The highest BCUT2D eigenvalue weighted by atomic mass is 32.2. The molecule has 4 atom stereocenters. The molecule has 1 aliphatic heterocycles. The monoisotopic (exact) mass is 618 g/mol. The number of sulfonamides is 1. The maximum absolute atomic E-state index is 15.2. The number of nitrogens with one attached hydrogen (secondary N) is 2. The van der Waals surface area contributed by atoms with E-state index in [1.807, 2.05) is 0 Å². The first kappa shape index (κ1) is 31.1. The molecule has 2 aliphatic rings. The van der Waals surface area contributed by atoms with Crippen molar-refractivity contribution in [1.29, 1.82) is 0 Å². The number of benzene rings is 3. The fourth-order valence-corrected chi connectivity index (χ4v) is 7.55. The number of nitrogens with two attached hydrogens (primary N) is 1. The number of nitrogens with zero attached hydrogens (tertiary/aromatic N) is 1.